The third kappa shape index (κ3) is 5.44. The van der Waals surface area contributed by atoms with E-state index in [1.165, 1.54) is 7.11 Å². The topological polar surface area (TPSA) is 140 Å². The van der Waals surface area contributed by atoms with Crippen molar-refractivity contribution in [3.05, 3.63) is 34.4 Å². The number of nitrogens with zero attached hydrogens (tertiary/aromatic N) is 5. The molecular formula is C25H30Cl2N8O3. The van der Waals surface area contributed by atoms with E-state index in [-0.39, 0.29) is 30.0 Å². The third-order valence-corrected chi connectivity index (χ3v) is 7.91. The first kappa shape index (κ1) is 26.3. The summed E-state index contributed by atoms with van der Waals surface area (Å²) in [7, 11) is 1.38. The molecule has 2 fully saturated rings. The molecule has 0 radical (unpaired) electrons. The number of carbonyl (C=O) groups excluding carboxylic acids is 2. The van der Waals surface area contributed by atoms with Crippen molar-refractivity contribution in [3.63, 3.8) is 0 Å². The van der Waals surface area contributed by atoms with Gasteiger partial charge in [-0.25, -0.2) is 14.8 Å². The van der Waals surface area contributed by atoms with E-state index in [0.717, 1.165) is 25.7 Å². The second-order valence-electron chi connectivity index (χ2n) is 9.74. The van der Waals surface area contributed by atoms with Crippen LogP contribution >= 0.6 is 23.2 Å². The van der Waals surface area contributed by atoms with Crippen LogP contribution in [0.3, 0.4) is 0 Å². The first-order valence-electron chi connectivity index (χ1n) is 12.7. The second-order valence-corrected chi connectivity index (χ2v) is 10.6. The minimum atomic E-state index is -0.341. The van der Waals surface area contributed by atoms with Gasteiger partial charge in [0, 0.05) is 31.1 Å². The Labute approximate surface area is 230 Å². The number of nitrogens with one attached hydrogen (secondary N) is 2. The zero-order chi connectivity index (χ0) is 26.8. The molecule has 0 bridgehead atoms. The molecule has 2 aliphatic rings. The Morgan fingerprint density at radius 2 is 1.84 bits per heavy atom. The van der Waals surface area contributed by atoms with Gasteiger partial charge in [0.15, 0.2) is 5.65 Å². The van der Waals surface area contributed by atoms with E-state index in [4.69, 9.17) is 43.6 Å². The van der Waals surface area contributed by atoms with Crippen LogP contribution in [0.1, 0.15) is 44.6 Å². The van der Waals surface area contributed by atoms with E-state index in [2.05, 4.69) is 15.6 Å². The Hall–Kier alpha value is -3.31. The summed E-state index contributed by atoms with van der Waals surface area (Å²) >= 11 is 12.9. The molecule has 13 heteroatoms. The minimum Gasteiger partial charge on any atom is -0.453 e. The van der Waals surface area contributed by atoms with E-state index >= 15 is 0 Å². The number of rotatable bonds is 6. The predicted molar refractivity (Wildman–Crippen MR) is 146 cm³/mol. The molecule has 2 amide bonds. The van der Waals surface area contributed by atoms with Crippen LogP contribution in [0.25, 0.3) is 11.2 Å². The maximum atomic E-state index is 12.0. The van der Waals surface area contributed by atoms with Crippen LogP contribution in [0.15, 0.2) is 24.4 Å². The number of anilines is 3. The molecule has 3 heterocycles. The molecule has 11 nitrogen and oxygen atoms in total. The van der Waals surface area contributed by atoms with Crippen molar-refractivity contribution in [1.82, 2.24) is 24.4 Å². The molecule has 2 aromatic heterocycles. The second kappa shape index (κ2) is 11.2. The van der Waals surface area contributed by atoms with E-state index < -0.39 is 0 Å². The number of piperidine rings is 1. The summed E-state index contributed by atoms with van der Waals surface area (Å²) in [5, 5.41) is 7.61. The van der Waals surface area contributed by atoms with Crippen LogP contribution in [-0.2, 0) is 9.53 Å². The first-order chi connectivity index (χ1) is 18.3. The molecule has 5 rings (SSSR count). The molecule has 1 aliphatic heterocycles. The quantitative estimate of drug-likeness (QED) is 0.392. The lowest BCUT2D eigenvalue weighted by Gasteiger charge is -2.32. The Morgan fingerprint density at radius 1 is 1.11 bits per heavy atom. The van der Waals surface area contributed by atoms with Crippen LogP contribution in [0.4, 0.5) is 22.4 Å². The lowest BCUT2D eigenvalue weighted by atomic mass is 9.85. The SMILES string of the molecule is COC(=O)N1CCC[C@@H](Nc2ncc3nc(Nc4c(Cl)cccc4Cl)n([C@H]4CC[C@@H](C(N)=O)CC4)c3n2)C1. The van der Waals surface area contributed by atoms with Gasteiger partial charge in [0.25, 0.3) is 0 Å². The summed E-state index contributed by atoms with van der Waals surface area (Å²) in [4.78, 5) is 39.6. The van der Waals surface area contributed by atoms with Gasteiger partial charge in [-0.2, -0.15) is 4.98 Å². The van der Waals surface area contributed by atoms with Crippen LogP contribution in [0.2, 0.25) is 10.0 Å². The number of imidazole rings is 1. The average molecular weight is 561 g/mol. The summed E-state index contributed by atoms with van der Waals surface area (Å²) in [6.07, 6.45) is 5.93. The number of nitrogens with two attached hydrogens (primary N) is 1. The maximum Gasteiger partial charge on any atom is 0.409 e. The smallest absolute Gasteiger partial charge is 0.409 e. The Bertz CT molecular complexity index is 1320. The zero-order valence-corrected chi connectivity index (χ0v) is 22.5. The highest BCUT2D eigenvalue weighted by atomic mass is 35.5. The number of hydrogen-bond acceptors (Lipinski definition) is 8. The van der Waals surface area contributed by atoms with E-state index in [1.54, 1.807) is 29.3 Å². The molecule has 0 unspecified atom stereocenters. The van der Waals surface area contributed by atoms with Crippen molar-refractivity contribution >= 4 is 64.0 Å². The van der Waals surface area contributed by atoms with Crippen LogP contribution in [-0.4, -0.2) is 62.7 Å². The van der Waals surface area contributed by atoms with Gasteiger partial charge in [-0.15, -0.1) is 0 Å². The molecular weight excluding hydrogens is 531 g/mol. The van der Waals surface area contributed by atoms with Gasteiger partial charge < -0.3 is 26.0 Å². The Kier molecular flexibility index (Phi) is 7.75. The molecule has 202 valence electrons. The fourth-order valence-electron chi connectivity index (χ4n) is 5.31. The molecule has 1 atom stereocenters. The number of amides is 2. The van der Waals surface area contributed by atoms with Crippen LogP contribution in [0.5, 0.6) is 0 Å². The number of likely N-dealkylation sites (tertiary alicyclic amines) is 1. The number of benzene rings is 1. The number of hydrogen-bond donors (Lipinski definition) is 3. The summed E-state index contributed by atoms with van der Waals surface area (Å²) in [6, 6.07) is 5.31. The first-order valence-corrected chi connectivity index (χ1v) is 13.4. The minimum absolute atomic E-state index is 0.0118. The number of fused-ring (bicyclic) bond motifs is 1. The molecule has 38 heavy (non-hydrogen) atoms. The van der Waals surface area contributed by atoms with Gasteiger partial charge in [0.2, 0.25) is 17.8 Å². The number of aromatic nitrogens is 4. The van der Waals surface area contributed by atoms with Gasteiger partial charge in [0.1, 0.15) is 5.52 Å². The zero-order valence-electron chi connectivity index (χ0n) is 21.0. The summed E-state index contributed by atoms with van der Waals surface area (Å²) in [6.45, 7) is 1.16. The van der Waals surface area contributed by atoms with Gasteiger partial charge >= 0.3 is 6.09 Å². The van der Waals surface area contributed by atoms with Gasteiger partial charge in [0.05, 0.1) is 29.0 Å². The largest absolute Gasteiger partial charge is 0.453 e. The molecule has 0 spiro atoms. The van der Waals surface area contributed by atoms with Crippen LogP contribution < -0.4 is 16.4 Å². The Balaban J connectivity index is 1.47. The van der Waals surface area contributed by atoms with Crippen LogP contribution in [0, 0.1) is 5.92 Å². The molecule has 3 aromatic rings. The summed E-state index contributed by atoms with van der Waals surface area (Å²) in [5.41, 5.74) is 7.38. The molecule has 1 saturated carbocycles. The number of primary amides is 1. The van der Waals surface area contributed by atoms with E-state index in [0.29, 0.717) is 64.7 Å². The van der Waals surface area contributed by atoms with Gasteiger partial charge in [-0.1, -0.05) is 29.3 Å². The lowest BCUT2D eigenvalue weighted by Crippen LogP contribution is -2.45. The molecule has 4 N–H and O–H groups in total. The van der Waals surface area contributed by atoms with Crippen molar-refractivity contribution in [1.29, 1.82) is 0 Å². The highest BCUT2D eigenvalue weighted by Gasteiger charge is 2.30. The van der Waals surface area contributed by atoms with Crippen molar-refractivity contribution in [2.45, 2.75) is 50.6 Å². The fourth-order valence-corrected chi connectivity index (χ4v) is 5.81. The highest BCUT2D eigenvalue weighted by molar-refractivity contribution is 6.39. The number of halogens is 2. The van der Waals surface area contributed by atoms with E-state index in [1.807, 2.05) is 4.57 Å². The highest BCUT2D eigenvalue weighted by Crippen LogP contribution is 2.39. The summed E-state index contributed by atoms with van der Waals surface area (Å²) < 4.78 is 6.92. The predicted octanol–water partition coefficient (Wildman–Crippen LogP) is 4.74. The molecule has 1 saturated heterocycles. The van der Waals surface area contributed by atoms with Crippen molar-refractivity contribution in [2.24, 2.45) is 11.7 Å². The number of ether oxygens (including phenoxy) is 1. The third-order valence-electron chi connectivity index (χ3n) is 7.28. The normalized spacial score (nSPS) is 21.8. The standard InChI is InChI=1S/C25H30Cl2N8O3/c1-38-25(37)34-11-3-4-15(13-34)30-23-29-12-19-22(33-23)35(16-9-7-14(8-10-16)21(28)36)24(31-19)32-20-17(26)5-2-6-18(20)27/h2,5-6,12,14-16H,3-4,7-11,13H2,1H3,(H2,28,36)(H,31,32)(H,29,30,33)/t14-,15-,16+/m1/s1. The van der Waals surface area contributed by atoms with Gasteiger partial charge in [-0.05, 0) is 50.7 Å². The number of methoxy groups -OCH3 is 1. The van der Waals surface area contributed by atoms with Gasteiger partial charge in [-0.3, -0.25) is 9.36 Å². The monoisotopic (exact) mass is 560 g/mol. The average Bonchev–Trinajstić information content (AvgIpc) is 3.27. The maximum absolute atomic E-state index is 12.0. The number of para-hydroxylation sites is 1. The van der Waals surface area contributed by atoms with Crippen molar-refractivity contribution < 1.29 is 14.3 Å². The van der Waals surface area contributed by atoms with Crippen molar-refractivity contribution in [2.75, 3.05) is 30.8 Å². The number of carbonyl (C=O) groups is 2. The fraction of sp³-hybridized carbons (Fsp3) is 0.480. The van der Waals surface area contributed by atoms with E-state index in [9.17, 15) is 9.59 Å². The molecule has 1 aromatic carbocycles. The molecule has 1 aliphatic carbocycles. The Morgan fingerprint density at radius 3 is 2.53 bits per heavy atom. The summed E-state index contributed by atoms with van der Waals surface area (Å²) in [5.74, 6) is 0.593. The van der Waals surface area contributed by atoms with Crippen molar-refractivity contribution in [3.8, 4) is 0 Å². The lowest BCUT2D eigenvalue weighted by molar-refractivity contribution is -0.122.